The van der Waals surface area contributed by atoms with E-state index in [1.165, 1.54) is 11.3 Å². The Bertz CT molecular complexity index is 1060. The van der Waals surface area contributed by atoms with Gasteiger partial charge < -0.3 is 10.6 Å². The number of carbonyl (C=O) groups excluding carboxylic acids is 2. The van der Waals surface area contributed by atoms with Crippen molar-refractivity contribution in [2.75, 3.05) is 10.6 Å². The number of carbonyl (C=O) groups is 2. The van der Waals surface area contributed by atoms with E-state index in [4.69, 9.17) is 11.6 Å². The molecule has 31 heavy (non-hydrogen) atoms. The Hall–Kier alpha value is -2.49. The number of hydrogen-bond acceptors (Lipinski definition) is 5. The van der Waals surface area contributed by atoms with E-state index in [9.17, 15) is 9.59 Å². The fourth-order valence-corrected chi connectivity index (χ4v) is 3.95. The Morgan fingerprint density at radius 1 is 1.13 bits per heavy atom. The highest BCUT2D eigenvalue weighted by molar-refractivity contribution is 9.10. The quantitative estimate of drug-likeness (QED) is 0.366. The van der Waals surface area contributed by atoms with Crippen molar-refractivity contribution in [2.24, 2.45) is 5.92 Å². The number of hydrogen-bond donors (Lipinski definition) is 3. The number of anilines is 2. The molecule has 0 spiro atoms. The number of amides is 3. The van der Waals surface area contributed by atoms with Crippen LogP contribution in [-0.4, -0.2) is 28.2 Å². The molecule has 0 unspecified atom stereocenters. The van der Waals surface area contributed by atoms with E-state index in [-0.39, 0.29) is 11.8 Å². The van der Waals surface area contributed by atoms with Crippen LogP contribution < -0.4 is 16.0 Å². The van der Waals surface area contributed by atoms with E-state index in [1.807, 2.05) is 38.1 Å². The zero-order valence-corrected chi connectivity index (χ0v) is 20.0. The second-order valence-electron chi connectivity index (χ2n) is 6.88. The minimum Gasteiger partial charge on any atom is -0.326 e. The SMILES string of the molecule is CC[C@H](C)[C@H](NC(=O)Nc1cccc(Cl)c1)C(=O)Nc1nnc(-c2ccc(Br)cc2)s1. The Labute approximate surface area is 197 Å². The van der Waals surface area contributed by atoms with Crippen molar-refractivity contribution in [3.05, 3.63) is 58.0 Å². The number of nitrogens with one attached hydrogen (secondary N) is 3. The minimum absolute atomic E-state index is 0.0935. The summed E-state index contributed by atoms with van der Waals surface area (Å²) in [7, 11) is 0. The Kier molecular flexibility index (Phi) is 8.00. The number of nitrogens with zero attached hydrogens (tertiary/aromatic N) is 2. The number of urea groups is 1. The van der Waals surface area contributed by atoms with Crippen LogP contribution in [0.3, 0.4) is 0 Å². The van der Waals surface area contributed by atoms with Crippen molar-refractivity contribution in [2.45, 2.75) is 26.3 Å². The molecule has 0 aliphatic carbocycles. The highest BCUT2D eigenvalue weighted by Crippen LogP contribution is 2.27. The molecule has 0 radical (unpaired) electrons. The molecule has 162 valence electrons. The van der Waals surface area contributed by atoms with Crippen LogP contribution in [0.15, 0.2) is 53.0 Å². The lowest BCUT2D eigenvalue weighted by molar-refractivity contribution is -0.119. The maximum absolute atomic E-state index is 12.9. The first-order chi connectivity index (χ1) is 14.9. The average molecular weight is 523 g/mol. The van der Waals surface area contributed by atoms with E-state index < -0.39 is 12.1 Å². The molecule has 2 atom stereocenters. The number of benzene rings is 2. The summed E-state index contributed by atoms with van der Waals surface area (Å²) in [6.45, 7) is 3.86. The molecule has 1 heterocycles. The Morgan fingerprint density at radius 2 is 1.87 bits per heavy atom. The van der Waals surface area contributed by atoms with Gasteiger partial charge in [-0.05, 0) is 36.2 Å². The summed E-state index contributed by atoms with van der Waals surface area (Å²) >= 11 is 10.6. The molecule has 0 fully saturated rings. The molecular weight excluding hydrogens is 502 g/mol. The molecule has 3 aromatic rings. The van der Waals surface area contributed by atoms with E-state index in [2.05, 4.69) is 42.1 Å². The Balaban J connectivity index is 1.67. The number of aromatic nitrogens is 2. The minimum atomic E-state index is -0.746. The summed E-state index contributed by atoms with van der Waals surface area (Å²) in [6, 6.07) is 13.2. The fourth-order valence-electron chi connectivity index (χ4n) is 2.74. The van der Waals surface area contributed by atoms with Crippen LogP contribution in [0, 0.1) is 5.92 Å². The maximum Gasteiger partial charge on any atom is 0.319 e. The van der Waals surface area contributed by atoms with E-state index in [1.54, 1.807) is 24.3 Å². The van der Waals surface area contributed by atoms with E-state index in [0.29, 0.717) is 27.3 Å². The molecule has 1 aromatic heterocycles. The second-order valence-corrected chi connectivity index (χ2v) is 9.21. The molecule has 0 saturated heterocycles. The van der Waals surface area contributed by atoms with Gasteiger partial charge in [0, 0.05) is 20.7 Å². The van der Waals surface area contributed by atoms with Crippen LogP contribution in [0.5, 0.6) is 0 Å². The third-order valence-corrected chi connectivity index (χ3v) is 6.26. The van der Waals surface area contributed by atoms with Crippen molar-refractivity contribution in [3.63, 3.8) is 0 Å². The van der Waals surface area contributed by atoms with Crippen molar-refractivity contribution in [1.29, 1.82) is 0 Å². The molecular formula is C21H21BrClN5O2S. The monoisotopic (exact) mass is 521 g/mol. The average Bonchev–Trinajstić information content (AvgIpc) is 3.20. The largest absolute Gasteiger partial charge is 0.326 e. The van der Waals surface area contributed by atoms with Crippen LogP contribution in [0.25, 0.3) is 10.6 Å². The summed E-state index contributed by atoms with van der Waals surface area (Å²) in [6.07, 6.45) is 0.704. The van der Waals surface area contributed by atoms with Gasteiger partial charge in [-0.2, -0.15) is 0 Å². The summed E-state index contributed by atoms with van der Waals surface area (Å²) in [5.41, 5.74) is 1.44. The summed E-state index contributed by atoms with van der Waals surface area (Å²) in [5.74, 6) is -0.446. The van der Waals surface area contributed by atoms with E-state index in [0.717, 1.165) is 10.0 Å². The van der Waals surface area contributed by atoms with Gasteiger partial charge >= 0.3 is 6.03 Å². The molecule has 0 aliphatic rings. The van der Waals surface area contributed by atoms with Gasteiger partial charge in [0.15, 0.2) is 0 Å². The van der Waals surface area contributed by atoms with Gasteiger partial charge in [-0.3, -0.25) is 10.1 Å². The first-order valence-corrected chi connectivity index (χ1v) is 11.6. The van der Waals surface area contributed by atoms with Crippen LogP contribution in [0.2, 0.25) is 5.02 Å². The normalized spacial score (nSPS) is 12.6. The molecule has 2 aromatic carbocycles. The lowest BCUT2D eigenvalue weighted by Crippen LogP contribution is -2.49. The number of halogens is 2. The molecule has 3 rings (SSSR count). The van der Waals surface area contributed by atoms with Gasteiger partial charge in [-0.1, -0.05) is 77.3 Å². The lowest BCUT2D eigenvalue weighted by atomic mass is 9.98. The molecule has 3 amide bonds. The van der Waals surface area contributed by atoms with Crippen LogP contribution in [0.1, 0.15) is 20.3 Å². The van der Waals surface area contributed by atoms with Crippen LogP contribution in [0.4, 0.5) is 15.6 Å². The highest BCUT2D eigenvalue weighted by atomic mass is 79.9. The third-order valence-electron chi connectivity index (χ3n) is 4.61. The number of rotatable bonds is 7. The van der Waals surface area contributed by atoms with Gasteiger partial charge in [-0.25, -0.2) is 4.79 Å². The van der Waals surface area contributed by atoms with Crippen molar-refractivity contribution < 1.29 is 9.59 Å². The summed E-state index contributed by atoms with van der Waals surface area (Å²) in [5, 5.41) is 18.0. The van der Waals surface area contributed by atoms with Crippen molar-refractivity contribution in [3.8, 4) is 10.6 Å². The molecule has 0 aliphatic heterocycles. The second kappa shape index (κ2) is 10.7. The third kappa shape index (κ3) is 6.49. The first kappa shape index (κ1) is 23.2. The summed E-state index contributed by atoms with van der Waals surface area (Å²) < 4.78 is 0.966. The van der Waals surface area contributed by atoms with Gasteiger partial charge in [0.1, 0.15) is 11.0 Å². The standard InChI is InChI=1S/C21H21BrClN5O2S/c1-3-12(2)17(25-20(30)24-16-6-4-5-15(23)11-16)18(29)26-21-28-27-19(31-21)13-7-9-14(22)10-8-13/h4-12,17H,3H2,1-2H3,(H2,24,25,30)(H,26,28,29)/t12-,17-/m0/s1. The van der Waals surface area contributed by atoms with Crippen LogP contribution >= 0.6 is 38.9 Å². The zero-order chi connectivity index (χ0) is 22.4. The van der Waals surface area contributed by atoms with Gasteiger partial charge in [0.25, 0.3) is 0 Å². The predicted molar refractivity (Wildman–Crippen MR) is 129 cm³/mol. The van der Waals surface area contributed by atoms with Gasteiger partial charge in [0.05, 0.1) is 0 Å². The van der Waals surface area contributed by atoms with Crippen molar-refractivity contribution >= 4 is 61.6 Å². The van der Waals surface area contributed by atoms with Crippen LogP contribution in [-0.2, 0) is 4.79 Å². The fraction of sp³-hybridized carbons (Fsp3) is 0.238. The smallest absolute Gasteiger partial charge is 0.319 e. The molecule has 0 saturated carbocycles. The van der Waals surface area contributed by atoms with Gasteiger partial charge in [-0.15, -0.1) is 10.2 Å². The summed E-state index contributed by atoms with van der Waals surface area (Å²) in [4.78, 5) is 25.4. The van der Waals surface area contributed by atoms with E-state index >= 15 is 0 Å². The van der Waals surface area contributed by atoms with Gasteiger partial charge in [0.2, 0.25) is 11.0 Å². The zero-order valence-electron chi connectivity index (χ0n) is 16.9. The first-order valence-electron chi connectivity index (χ1n) is 9.59. The van der Waals surface area contributed by atoms with Crippen molar-refractivity contribution in [1.82, 2.24) is 15.5 Å². The topological polar surface area (TPSA) is 96.0 Å². The predicted octanol–water partition coefficient (Wildman–Crippen LogP) is 5.80. The highest BCUT2D eigenvalue weighted by Gasteiger charge is 2.27. The molecule has 3 N–H and O–H groups in total. The Morgan fingerprint density at radius 3 is 2.55 bits per heavy atom. The molecule has 0 bridgehead atoms. The maximum atomic E-state index is 12.9. The molecule has 7 nitrogen and oxygen atoms in total. The lowest BCUT2D eigenvalue weighted by Gasteiger charge is -2.23. The molecule has 10 heteroatoms.